The van der Waals surface area contributed by atoms with Crippen molar-refractivity contribution in [2.45, 2.75) is 0 Å². The van der Waals surface area contributed by atoms with Crippen LogP contribution < -0.4 is 0 Å². The first-order valence-corrected chi connectivity index (χ1v) is 0. The summed E-state index contributed by atoms with van der Waals surface area (Å²) in [4.78, 5) is 0. The molecule has 0 spiro atoms. The zero-order valence-electron chi connectivity index (χ0n) is 2.69. The van der Waals surface area contributed by atoms with Crippen LogP contribution >= 0.6 is 0 Å². The van der Waals surface area contributed by atoms with E-state index in [9.17, 15) is 0 Å². The molecule has 5 heavy (non-hydrogen) atoms. The first-order chi connectivity index (χ1) is 0. The fourth-order valence-corrected chi connectivity index (χ4v) is 0. The van der Waals surface area contributed by atoms with Gasteiger partial charge in [-0.25, -0.2) is 0 Å². The Kier molecular flexibility index (Phi) is 507. The average Bonchev–Trinajstić information content (AvgIpc) is 0. The average molecular weight is 129 g/mol. The van der Waals surface area contributed by atoms with E-state index >= 15 is 0 Å². The van der Waals surface area contributed by atoms with Gasteiger partial charge in [-0.15, -0.1) is 0 Å². The Balaban J connectivity index is 0. The Morgan fingerprint density at radius 3 is 1.00 bits per heavy atom. The minimum Gasteiger partial charge on any atom is -2.00 e. The predicted octanol–water partition coefficient (Wildman–Crippen LogP) is -2.09. The van der Waals surface area contributed by atoms with Gasteiger partial charge in [-0.05, 0) is 0 Å². The van der Waals surface area contributed by atoms with Gasteiger partial charge in [-0.2, -0.15) is 0 Å². The molecular formula is H2AlCaO2Si+7. The van der Waals surface area contributed by atoms with Crippen molar-refractivity contribution in [2.24, 2.45) is 0 Å². The van der Waals surface area contributed by atoms with Gasteiger partial charge in [0.25, 0.3) is 0 Å². The molecule has 0 aliphatic rings. The normalized spacial score (nSPS) is 0. The maximum Gasteiger partial charge on any atom is 4.00 e. The third kappa shape index (κ3) is 24.6. The van der Waals surface area contributed by atoms with Crippen LogP contribution in [-0.4, -0.2) is 71.5 Å². The topological polar surface area (TPSA) is 60.0 Å². The Labute approximate surface area is 76.1 Å². The molecule has 5 heteroatoms. The van der Waals surface area contributed by atoms with Crippen LogP contribution in [-0.2, 0) is 5.48 Å². The third-order valence-electron chi connectivity index (χ3n) is 0. The summed E-state index contributed by atoms with van der Waals surface area (Å²) in [7, 11) is 0. The molecule has 0 fully saturated rings. The third-order valence-corrected chi connectivity index (χ3v) is 0. The Bertz CT molecular complexity index is 9.61. The van der Waals surface area contributed by atoms with Gasteiger partial charge in [0.1, 0.15) is 0 Å². The van der Waals surface area contributed by atoms with E-state index in [1.807, 2.05) is 0 Å². The largest absolute Gasteiger partial charge is 4.00 e. The van der Waals surface area contributed by atoms with Gasteiger partial charge in [0.2, 0.25) is 0 Å². The fraction of sp³-hybridized carbons (Fsp3) is 0. The smallest absolute Gasteiger partial charge is 2.00 e. The van der Waals surface area contributed by atoms with Crippen LogP contribution in [0.2, 0.25) is 0 Å². The van der Waals surface area contributed by atoms with Crippen molar-refractivity contribution in [1.29, 1.82) is 0 Å². The van der Waals surface area contributed by atoms with E-state index in [2.05, 4.69) is 0 Å². The second-order valence-electron chi connectivity index (χ2n) is 0. The van der Waals surface area contributed by atoms with Gasteiger partial charge < -0.3 is 11.0 Å². The van der Waals surface area contributed by atoms with Crippen LogP contribution in [0.15, 0.2) is 0 Å². The second-order valence-corrected chi connectivity index (χ2v) is 0. The maximum atomic E-state index is 0. The van der Waals surface area contributed by atoms with Gasteiger partial charge in [-0.3, -0.25) is 0 Å². The molecule has 2 N–H and O–H groups in total. The summed E-state index contributed by atoms with van der Waals surface area (Å²) < 4.78 is 0. The number of rotatable bonds is 0. The fourth-order valence-electron chi connectivity index (χ4n) is 0. The number of hydrogen-bond donors (Lipinski definition) is 0. The van der Waals surface area contributed by atoms with E-state index in [1.165, 1.54) is 0 Å². The Morgan fingerprint density at radius 1 is 1.00 bits per heavy atom. The van der Waals surface area contributed by atoms with Crippen LogP contribution in [0.25, 0.3) is 0 Å². The summed E-state index contributed by atoms with van der Waals surface area (Å²) in [6, 6.07) is 0. The van der Waals surface area contributed by atoms with Crippen LogP contribution in [0.5, 0.6) is 0 Å². The Hall–Kier alpha value is 1.93. The minimum absolute atomic E-state index is 0. The van der Waals surface area contributed by atoms with Crippen LogP contribution in [0, 0.1) is 0 Å². The molecule has 0 saturated heterocycles. The van der Waals surface area contributed by atoms with Crippen molar-refractivity contribution in [1.82, 2.24) is 0 Å². The van der Waals surface area contributed by atoms with Gasteiger partial charge in [0.05, 0.1) is 0 Å². The van der Waals surface area contributed by atoms with E-state index in [1.54, 1.807) is 0 Å². The molecule has 0 unspecified atom stereocenters. The molecule has 16 valence electrons. The Morgan fingerprint density at radius 2 is 1.00 bits per heavy atom. The summed E-state index contributed by atoms with van der Waals surface area (Å²) in [6.45, 7) is 0. The van der Waals surface area contributed by atoms with E-state index in [4.69, 9.17) is 0 Å². The molecule has 0 aromatic heterocycles. The summed E-state index contributed by atoms with van der Waals surface area (Å²) in [6.07, 6.45) is 0. The standard InChI is InChI=1S/Al.Ca.H2O.O.Si/h;;1H2;;/q+3;+2;;-2;+4. The van der Waals surface area contributed by atoms with E-state index in [-0.39, 0.29) is 77.0 Å². The van der Waals surface area contributed by atoms with Crippen molar-refractivity contribution in [3.8, 4) is 0 Å². The van der Waals surface area contributed by atoms with Gasteiger partial charge in [0.15, 0.2) is 0 Å². The van der Waals surface area contributed by atoms with Crippen molar-refractivity contribution >= 4 is 66.1 Å². The van der Waals surface area contributed by atoms with Gasteiger partial charge >= 0.3 is 66.1 Å². The molecule has 0 atom stereocenters. The first kappa shape index (κ1) is 65.5. The summed E-state index contributed by atoms with van der Waals surface area (Å²) in [5, 5.41) is 0. The molecular weight excluding hydrogens is 127 g/mol. The second kappa shape index (κ2) is 38.7. The van der Waals surface area contributed by atoms with Crippen molar-refractivity contribution < 1.29 is 11.0 Å². The molecule has 0 saturated carbocycles. The molecule has 0 heterocycles. The molecule has 0 aromatic rings. The van der Waals surface area contributed by atoms with Crippen LogP contribution in [0.4, 0.5) is 0 Å². The van der Waals surface area contributed by atoms with Crippen molar-refractivity contribution in [3.05, 3.63) is 0 Å². The molecule has 0 rings (SSSR count). The molecule has 0 aliphatic carbocycles. The zero-order chi connectivity index (χ0) is 0. The molecule has 0 radical (unpaired) electrons. The monoisotopic (exact) mass is 129 g/mol. The van der Waals surface area contributed by atoms with E-state index in [0.717, 1.165) is 0 Å². The van der Waals surface area contributed by atoms with Gasteiger partial charge in [-0.1, -0.05) is 0 Å². The molecule has 0 aliphatic heterocycles. The van der Waals surface area contributed by atoms with Gasteiger partial charge in [0, 0.05) is 0 Å². The number of hydrogen-bond acceptors (Lipinski definition) is 0. The molecule has 0 amide bonds. The first-order valence-electron chi connectivity index (χ1n) is 0. The molecule has 0 aromatic carbocycles. The summed E-state index contributed by atoms with van der Waals surface area (Å²) in [5.41, 5.74) is 0. The van der Waals surface area contributed by atoms with Crippen LogP contribution in [0.3, 0.4) is 0 Å². The van der Waals surface area contributed by atoms with E-state index < -0.39 is 0 Å². The maximum absolute atomic E-state index is 0. The quantitative estimate of drug-likeness (QED) is 0.337. The molecule has 0 bridgehead atoms. The summed E-state index contributed by atoms with van der Waals surface area (Å²) >= 11 is 0. The van der Waals surface area contributed by atoms with Crippen LogP contribution in [0.1, 0.15) is 0 Å². The summed E-state index contributed by atoms with van der Waals surface area (Å²) in [5.74, 6) is 0. The minimum atomic E-state index is 0. The zero-order valence-corrected chi connectivity index (χ0v) is 7.06. The van der Waals surface area contributed by atoms with E-state index in [0.29, 0.717) is 0 Å². The predicted molar refractivity (Wildman–Crippen MR) is 21.6 cm³/mol. The molecule has 2 nitrogen and oxygen atoms in total. The van der Waals surface area contributed by atoms with Crippen molar-refractivity contribution in [2.75, 3.05) is 0 Å². The SMILES string of the molecule is O.[Al+3].[Ca+2].[O-2].[Si+4]. The van der Waals surface area contributed by atoms with Crippen molar-refractivity contribution in [3.63, 3.8) is 0 Å².